The summed E-state index contributed by atoms with van der Waals surface area (Å²) in [5.41, 5.74) is 6.71. The zero-order valence-corrected chi connectivity index (χ0v) is 8.89. The molecule has 3 nitrogen and oxygen atoms in total. The van der Waals surface area contributed by atoms with Crippen LogP contribution in [0.25, 0.3) is 0 Å². The van der Waals surface area contributed by atoms with Gasteiger partial charge in [-0.3, -0.25) is 4.90 Å². The molecule has 3 N–H and O–H groups in total. The zero-order chi connectivity index (χ0) is 10.7. The van der Waals surface area contributed by atoms with Crippen molar-refractivity contribution in [2.45, 2.75) is 25.4 Å². The molecule has 0 radical (unpaired) electrons. The van der Waals surface area contributed by atoms with Crippen LogP contribution in [0.3, 0.4) is 0 Å². The molecule has 1 aromatic rings. The van der Waals surface area contributed by atoms with E-state index in [2.05, 4.69) is 4.90 Å². The number of nitrogens with two attached hydrogens (primary N) is 1. The summed E-state index contributed by atoms with van der Waals surface area (Å²) in [6.45, 7) is 2.62. The molecule has 15 heavy (non-hydrogen) atoms. The molecular weight excluding hydrogens is 188 g/mol. The molecule has 0 spiro atoms. The second-order valence-corrected chi connectivity index (χ2v) is 4.13. The lowest BCUT2D eigenvalue weighted by Crippen LogP contribution is -2.34. The molecule has 2 rings (SSSR count). The Morgan fingerprint density at radius 1 is 1.40 bits per heavy atom. The molecule has 1 aliphatic heterocycles. The molecule has 0 saturated carbocycles. The van der Waals surface area contributed by atoms with Crippen molar-refractivity contribution in [2.75, 3.05) is 13.1 Å². The Labute approximate surface area is 90.5 Å². The Hall–Kier alpha value is -1.06. The van der Waals surface area contributed by atoms with Gasteiger partial charge in [-0.15, -0.1) is 0 Å². The lowest BCUT2D eigenvalue weighted by atomic mass is 10.1. The van der Waals surface area contributed by atoms with Gasteiger partial charge in [0.2, 0.25) is 0 Å². The molecular formula is C12H18N2O. The van der Waals surface area contributed by atoms with Gasteiger partial charge in [0.25, 0.3) is 0 Å². The fraction of sp³-hybridized carbons (Fsp3) is 0.500. The van der Waals surface area contributed by atoms with Crippen molar-refractivity contribution in [2.24, 2.45) is 5.73 Å². The number of benzene rings is 1. The summed E-state index contributed by atoms with van der Waals surface area (Å²) in [6.07, 6.45) is 2.40. The second kappa shape index (κ2) is 4.64. The molecule has 1 heterocycles. The number of phenolic OH excluding ortho intramolecular Hbond substituents is 1. The van der Waals surface area contributed by atoms with Crippen LogP contribution in [0.2, 0.25) is 0 Å². The van der Waals surface area contributed by atoms with E-state index in [1.54, 1.807) is 6.07 Å². The summed E-state index contributed by atoms with van der Waals surface area (Å²) in [5, 5.41) is 9.67. The van der Waals surface area contributed by atoms with Crippen LogP contribution in [0.15, 0.2) is 24.3 Å². The van der Waals surface area contributed by atoms with E-state index in [-0.39, 0.29) is 0 Å². The van der Waals surface area contributed by atoms with E-state index in [0.717, 1.165) is 18.7 Å². The van der Waals surface area contributed by atoms with E-state index < -0.39 is 0 Å². The van der Waals surface area contributed by atoms with Gasteiger partial charge in [-0.05, 0) is 25.5 Å². The highest BCUT2D eigenvalue weighted by Crippen LogP contribution is 2.23. The second-order valence-electron chi connectivity index (χ2n) is 4.13. The maximum absolute atomic E-state index is 9.67. The first kappa shape index (κ1) is 10.5. The van der Waals surface area contributed by atoms with Crippen LogP contribution in [0, 0.1) is 0 Å². The molecule has 0 aromatic heterocycles. The quantitative estimate of drug-likeness (QED) is 0.784. The van der Waals surface area contributed by atoms with E-state index in [1.807, 2.05) is 18.2 Å². The molecule has 0 bridgehead atoms. The lowest BCUT2D eigenvalue weighted by molar-refractivity contribution is 0.247. The average molecular weight is 206 g/mol. The van der Waals surface area contributed by atoms with Gasteiger partial charge in [0.15, 0.2) is 0 Å². The molecule has 1 atom stereocenters. The van der Waals surface area contributed by atoms with Crippen LogP contribution >= 0.6 is 0 Å². The molecule has 3 heteroatoms. The maximum atomic E-state index is 9.67. The first-order valence-corrected chi connectivity index (χ1v) is 5.52. The Morgan fingerprint density at radius 3 is 2.93 bits per heavy atom. The number of nitrogens with zero attached hydrogens (tertiary/aromatic N) is 1. The average Bonchev–Trinajstić information content (AvgIpc) is 2.69. The van der Waals surface area contributed by atoms with Crippen LogP contribution in [-0.4, -0.2) is 29.1 Å². The van der Waals surface area contributed by atoms with Crippen molar-refractivity contribution >= 4 is 0 Å². The summed E-state index contributed by atoms with van der Waals surface area (Å²) in [5.74, 6) is 0.389. The lowest BCUT2D eigenvalue weighted by Gasteiger charge is -2.23. The molecule has 0 aliphatic carbocycles. The summed E-state index contributed by atoms with van der Waals surface area (Å²) >= 11 is 0. The number of phenols is 1. The normalized spacial score (nSPS) is 22.1. The molecule has 1 fully saturated rings. The Bertz CT molecular complexity index is 327. The third-order valence-corrected chi connectivity index (χ3v) is 3.14. The molecule has 1 saturated heterocycles. The largest absolute Gasteiger partial charge is 0.508 e. The summed E-state index contributed by atoms with van der Waals surface area (Å²) in [7, 11) is 0. The Kier molecular flexibility index (Phi) is 3.23. The van der Waals surface area contributed by atoms with E-state index in [9.17, 15) is 5.11 Å². The highest BCUT2D eigenvalue weighted by atomic mass is 16.3. The van der Waals surface area contributed by atoms with Crippen molar-refractivity contribution < 1.29 is 5.11 Å². The molecule has 1 unspecified atom stereocenters. The fourth-order valence-electron chi connectivity index (χ4n) is 2.23. The summed E-state index contributed by atoms with van der Waals surface area (Å²) in [6, 6.07) is 8.01. The van der Waals surface area contributed by atoms with E-state index in [1.165, 1.54) is 12.8 Å². The SMILES string of the molecule is NCC1CCCN1Cc1ccccc1O. The van der Waals surface area contributed by atoms with E-state index >= 15 is 0 Å². The van der Waals surface area contributed by atoms with Gasteiger partial charge in [-0.25, -0.2) is 0 Å². The number of para-hydroxylation sites is 1. The fourth-order valence-corrected chi connectivity index (χ4v) is 2.23. The molecule has 1 aliphatic rings. The number of rotatable bonds is 3. The number of aromatic hydroxyl groups is 1. The molecule has 1 aromatic carbocycles. The highest BCUT2D eigenvalue weighted by molar-refractivity contribution is 5.31. The van der Waals surface area contributed by atoms with Crippen molar-refractivity contribution in [3.8, 4) is 5.75 Å². The zero-order valence-electron chi connectivity index (χ0n) is 8.89. The van der Waals surface area contributed by atoms with Crippen LogP contribution in [-0.2, 0) is 6.54 Å². The Morgan fingerprint density at radius 2 is 2.20 bits per heavy atom. The number of likely N-dealkylation sites (tertiary alicyclic amines) is 1. The van der Waals surface area contributed by atoms with Crippen LogP contribution in [0.5, 0.6) is 5.75 Å². The van der Waals surface area contributed by atoms with Crippen molar-refractivity contribution in [3.63, 3.8) is 0 Å². The van der Waals surface area contributed by atoms with Gasteiger partial charge in [-0.2, -0.15) is 0 Å². The molecule has 82 valence electrons. The van der Waals surface area contributed by atoms with Gasteiger partial charge in [0.05, 0.1) is 0 Å². The third kappa shape index (κ3) is 2.30. The van der Waals surface area contributed by atoms with Gasteiger partial charge in [0.1, 0.15) is 5.75 Å². The van der Waals surface area contributed by atoms with Crippen molar-refractivity contribution in [3.05, 3.63) is 29.8 Å². The minimum atomic E-state index is 0.389. The van der Waals surface area contributed by atoms with Crippen LogP contribution in [0.1, 0.15) is 18.4 Å². The van der Waals surface area contributed by atoms with Gasteiger partial charge < -0.3 is 10.8 Å². The number of hydrogen-bond donors (Lipinski definition) is 2. The topological polar surface area (TPSA) is 49.5 Å². The predicted octanol–water partition coefficient (Wildman–Crippen LogP) is 1.32. The van der Waals surface area contributed by atoms with Crippen molar-refractivity contribution in [1.82, 2.24) is 4.90 Å². The van der Waals surface area contributed by atoms with Crippen molar-refractivity contribution in [1.29, 1.82) is 0 Å². The van der Waals surface area contributed by atoms with Crippen LogP contribution < -0.4 is 5.73 Å². The number of hydrogen-bond acceptors (Lipinski definition) is 3. The summed E-state index contributed by atoms with van der Waals surface area (Å²) < 4.78 is 0. The summed E-state index contributed by atoms with van der Waals surface area (Å²) in [4.78, 5) is 2.36. The van der Waals surface area contributed by atoms with E-state index in [4.69, 9.17) is 5.73 Å². The Balaban J connectivity index is 2.05. The minimum Gasteiger partial charge on any atom is -0.508 e. The van der Waals surface area contributed by atoms with E-state index in [0.29, 0.717) is 18.3 Å². The monoisotopic (exact) mass is 206 g/mol. The van der Waals surface area contributed by atoms with Gasteiger partial charge in [-0.1, -0.05) is 18.2 Å². The first-order chi connectivity index (χ1) is 7.31. The first-order valence-electron chi connectivity index (χ1n) is 5.52. The molecule has 0 amide bonds. The highest BCUT2D eigenvalue weighted by Gasteiger charge is 2.23. The standard InChI is InChI=1S/C12H18N2O/c13-8-11-5-3-7-14(11)9-10-4-1-2-6-12(10)15/h1-2,4,6,11,15H,3,5,7-9,13H2. The third-order valence-electron chi connectivity index (χ3n) is 3.14. The maximum Gasteiger partial charge on any atom is 0.120 e. The van der Waals surface area contributed by atoms with Gasteiger partial charge >= 0.3 is 0 Å². The van der Waals surface area contributed by atoms with Gasteiger partial charge in [0, 0.05) is 24.7 Å². The smallest absolute Gasteiger partial charge is 0.120 e. The van der Waals surface area contributed by atoms with Crippen LogP contribution in [0.4, 0.5) is 0 Å². The predicted molar refractivity (Wildman–Crippen MR) is 60.6 cm³/mol. The minimum absolute atomic E-state index is 0.389.